The van der Waals surface area contributed by atoms with Crippen LogP contribution in [0.15, 0.2) is 28.7 Å². The van der Waals surface area contributed by atoms with Crippen molar-refractivity contribution in [3.8, 4) is 11.5 Å². The molecule has 12 nitrogen and oxygen atoms in total. The number of rotatable bonds is 9. The number of ketones is 1. The lowest BCUT2D eigenvalue weighted by Gasteiger charge is -2.19. The van der Waals surface area contributed by atoms with Gasteiger partial charge in [0.05, 0.1) is 23.5 Å². The average Bonchev–Trinajstić information content (AvgIpc) is 3.40. The highest BCUT2D eigenvalue weighted by Gasteiger charge is 2.24. The number of aromatic nitrogens is 5. The van der Waals surface area contributed by atoms with E-state index in [0.717, 1.165) is 4.47 Å². The largest absolute Gasteiger partial charge is 0.462 e. The summed E-state index contributed by atoms with van der Waals surface area (Å²) in [7, 11) is 0. The number of nitrogens with zero attached hydrogens (tertiary/aromatic N) is 4. The second-order valence-electron chi connectivity index (χ2n) is 8.66. The van der Waals surface area contributed by atoms with E-state index in [1.807, 2.05) is 0 Å². The molecule has 3 aromatic rings. The summed E-state index contributed by atoms with van der Waals surface area (Å²) in [4.78, 5) is 52.2. The fourth-order valence-electron chi connectivity index (χ4n) is 3.19. The van der Waals surface area contributed by atoms with E-state index in [-0.39, 0.29) is 42.6 Å². The van der Waals surface area contributed by atoms with Crippen molar-refractivity contribution in [1.82, 2.24) is 30.5 Å². The predicted molar refractivity (Wildman–Crippen MR) is 130 cm³/mol. The number of aromatic amines is 1. The number of nitrogens with one attached hydrogen (secondary N) is 2. The molecule has 1 aromatic carbocycles. The fraction of sp³-hybridized carbons (Fsp3) is 0.348. The van der Waals surface area contributed by atoms with Crippen molar-refractivity contribution in [2.45, 2.75) is 39.8 Å². The predicted octanol–water partition coefficient (Wildman–Crippen LogP) is 2.85. The molecule has 0 fully saturated rings. The number of carbonyl (C=O) groups excluding carboxylic acids is 4. The summed E-state index contributed by atoms with van der Waals surface area (Å²) in [5.41, 5.74) is 0.944. The standard InChI is InChI=1S/C23H25BrN6O6/c1-13-18(20(33)14-6-5-7-15(24)10-14)16(12-31)26-19(13)21-27-29-30(28-21)8-9-35-17(32)11-25-22(34)36-23(2,3)4/h5-7,10,12,26H,8-9,11H2,1-4H3,(H,25,34). The van der Waals surface area contributed by atoms with Gasteiger partial charge in [-0.1, -0.05) is 28.1 Å². The van der Waals surface area contributed by atoms with E-state index >= 15 is 0 Å². The molecule has 0 radical (unpaired) electrons. The monoisotopic (exact) mass is 560 g/mol. The lowest BCUT2D eigenvalue weighted by molar-refractivity contribution is -0.142. The Morgan fingerprint density at radius 2 is 2.00 bits per heavy atom. The third-order valence-electron chi connectivity index (χ3n) is 4.72. The van der Waals surface area contributed by atoms with Crippen LogP contribution in [0.2, 0.25) is 0 Å². The molecule has 2 aromatic heterocycles. The van der Waals surface area contributed by atoms with Crippen LogP contribution in [0.3, 0.4) is 0 Å². The summed E-state index contributed by atoms with van der Waals surface area (Å²) < 4.78 is 10.8. The molecular formula is C23H25BrN6O6. The van der Waals surface area contributed by atoms with Gasteiger partial charge in [-0.15, -0.1) is 10.2 Å². The van der Waals surface area contributed by atoms with E-state index in [9.17, 15) is 19.2 Å². The molecule has 3 rings (SSSR count). The molecule has 2 N–H and O–H groups in total. The van der Waals surface area contributed by atoms with Gasteiger partial charge in [0, 0.05) is 10.0 Å². The second-order valence-corrected chi connectivity index (χ2v) is 9.57. The van der Waals surface area contributed by atoms with Gasteiger partial charge >= 0.3 is 12.1 Å². The van der Waals surface area contributed by atoms with Crippen LogP contribution in [0.5, 0.6) is 0 Å². The van der Waals surface area contributed by atoms with Crippen LogP contribution in [0, 0.1) is 6.92 Å². The maximum Gasteiger partial charge on any atom is 0.408 e. The Labute approximate surface area is 214 Å². The van der Waals surface area contributed by atoms with Crippen molar-refractivity contribution in [1.29, 1.82) is 0 Å². The minimum Gasteiger partial charge on any atom is -0.462 e. The Morgan fingerprint density at radius 1 is 1.25 bits per heavy atom. The Balaban J connectivity index is 1.62. The topological polar surface area (TPSA) is 158 Å². The Morgan fingerprint density at radius 3 is 2.67 bits per heavy atom. The maximum atomic E-state index is 13.1. The minimum absolute atomic E-state index is 0.0689. The highest BCUT2D eigenvalue weighted by atomic mass is 79.9. The normalized spacial score (nSPS) is 11.1. The van der Waals surface area contributed by atoms with Crippen LogP contribution in [-0.2, 0) is 20.8 Å². The number of tetrazole rings is 1. The zero-order chi connectivity index (χ0) is 26.5. The summed E-state index contributed by atoms with van der Waals surface area (Å²) in [6.07, 6.45) is -0.160. The van der Waals surface area contributed by atoms with E-state index in [1.165, 1.54) is 4.80 Å². The van der Waals surface area contributed by atoms with Gasteiger partial charge in [-0.3, -0.25) is 14.4 Å². The first-order chi connectivity index (χ1) is 17.0. The molecule has 0 saturated heterocycles. The van der Waals surface area contributed by atoms with Crippen molar-refractivity contribution in [2.75, 3.05) is 13.2 Å². The average molecular weight is 561 g/mol. The third-order valence-corrected chi connectivity index (χ3v) is 5.21. The summed E-state index contributed by atoms with van der Waals surface area (Å²) in [5, 5.41) is 14.4. The van der Waals surface area contributed by atoms with Gasteiger partial charge in [0.1, 0.15) is 18.8 Å². The minimum atomic E-state index is -0.726. The highest BCUT2D eigenvalue weighted by molar-refractivity contribution is 9.10. The molecule has 0 spiro atoms. The van der Waals surface area contributed by atoms with E-state index in [4.69, 9.17) is 9.47 Å². The molecule has 0 aliphatic rings. The number of benzene rings is 1. The van der Waals surface area contributed by atoms with E-state index in [2.05, 4.69) is 41.6 Å². The van der Waals surface area contributed by atoms with Crippen molar-refractivity contribution in [2.24, 2.45) is 0 Å². The number of alkyl carbamates (subject to hydrolysis) is 1. The number of aldehydes is 1. The molecule has 0 atom stereocenters. The van der Waals surface area contributed by atoms with Crippen molar-refractivity contribution >= 4 is 40.1 Å². The summed E-state index contributed by atoms with van der Waals surface area (Å²) in [5.74, 6) is -0.813. The number of H-pyrrole nitrogens is 1. The molecule has 0 saturated carbocycles. The molecule has 2 heterocycles. The molecular weight excluding hydrogens is 536 g/mol. The summed E-state index contributed by atoms with van der Waals surface area (Å²) in [6.45, 7) is 6.48. The molecule has 1 amide bonds. The van der Waals surface area contributed by atoms with Gasteiger partial charge in [-0.2, -0.15) is 4.80 Å². The molecule has 0 aliphatic heterocycles. The van der Waals surface area contributed by atoms with Gasteiger partial charge < -0.3 is 19.8 Å². The number of halogens is 1. The zero-order valence-corrected chi connectivity index (χ0v) is 21.7. The van der Waals surface area contributed by atoms with Crippen LogP contribution < -0.4 is 5.32 Å². The molecule has 36 heavy (non-hydrogen) atoms. The Hall–Kier alpha value is -3.87. The molecule has 0 aliphatic carbocycles. The van der Waals surface area contributed by atoms with Gasteiger partial charge in [-0.25, -0.2) is 4.79 Å². The third kappa shape index (κ3) is 6.84. The fourth-order valence-corrected chi connectivity index (χ4v) is 3.58. The van der Waals surface area contributed by atoms with E-state index in [0.29, 0.717) is 23.1 Å². The van der Waals surface area contributed by atoms with Gasteiger partial charge in [0.2, 0.25) is 5.82 Å². The zero-order valence-electron chi connectivity index (χ0n) is 20.1. The van der Waals surface area contributed by atoms with Crippen molar-refractivity contribution in [3.63, 3.8) is 0 Å². The second kappa shape index (κ2) is 11.2. The smallest absolute Gasteiger partial charge is 0.408 e. The molecule has 13 heteroatoms. The van der Waals surface area contributed by atoms with Gasteiger partial charge in [0.25, 0.3) is 0 Å². The number of ether oxygens (including phenoxy) is 2. The van der Waals surface area contributed by atoms with Crippen LogP contribution in [0.4, 0.5) is 4.79 Å². The molecule has 0 bridgehead atoms. The van der Waals surface area contributed by atoms with Crippen molar-refractivity contribution in [3.05, 3.63) is 51.1 Å². The highest BCUT2D eigenvalue weighted by Crippen LogP contribution is 2.27. The number of hydrogen-bond donors (Lipinski definition) is 2. The van der Waals surface area contributed by atoms with E-state index in [1.54, 1.807) is 52.0 Å². The van der Waals surface area contributed by atoms with Crippen LogP contribution in [-0.4, -0.2) is 68.1 Å². The number of amides is 1. The quantitative estimate of drug-likeness (QED) is 0.228. The first kappa shape index (κ1) is 26.7. The SMILES string of the molecule is Cc1c(-c2nnn(CCOC(=O)CNC(=O)OC(C)(C)C)n2)[nH]c(C=O)c1C(=O)c1cccc(Br)c1. The lowest BCUT2D eigenvalue weighted by Crippen LogP contribution is -2.36. The van der Waals surface area contributed by atoms with Crippen LogP contribution in [0.25, 0.3) is 11.5 Å². The molecule has 190 valence electrons. The molecule has 0 unspecified atom stereocenters. The van der Waals surface area contributed by atoms with Crippen molar-refractivity contribution < 1.29 is 28.7 Å². The number of carbonyl (C=O) groups is 4. The van der Waals surface area contributed by atoms with E-state index < -0.39 is 17.7 Å². The Kier molecular flexibility index (Phi) is 8.35. The summed E-state index contributed by atoms with van der Waals surface area (Å²) in [6, 6.07) is 6.85. The first-order valence-electron chi connectivity index (χ1n) is 10.9. The maximum absolute atomic E-state index is 13.1. The van der Waals surface area contributed by atoms with Gasteiger partial charge in [-0.05, 0) is 50.6 Å². The number of esters is 1. The number of hydrogen-bond acceptors (Lipinski definition) is 9. The van der Waals surface area contributed by atoms with Crippen LogP contribution >= 0.6 is 15.9 Å². The summed E-state index contributed by atoms with van der Waals surface area (Å²) >= 11 is 3.34. The first-order valence-corrected chi connectivity index (χ1v) is 11.7. The Bertz CT molecular complexity index is 1290. The van der Waals surface area contributed by atoms with Gasteiger partial charge in [0.15, 0.2) is 12.1 Å². The van der Waals surface area contributed by atoms with Crippen LogP contribution in [0.1, 0.15) is 52.7 Å². The lowest BCUT2D eigenvalue weighted by atomic mass is 9.99.